The zero-order valence-corrected chi connectivity index (χ0v) is 21.8. The van der Waals surface area contributed by atoms with E-state index in [0.29, 0.717) is 0 Å². The minimum Gasteiger partial charge on any atom is -0.800 e. The summed E-state index contributed by atoms with van der Waals surface area (Å²) in [6, 6.07) is 25.6. The minimum absolute atomic E-state index is 0. The normalized spacial score (nSPS) is 13.9. The Labute approximate surface area is 214 Å². The largest absolute Gasteiger partial charge is 3.00 e. The molecule has 1 aliphatic heterocycles. The van der Waals surface area contributed by atoms with Crippen LogP contribution in [0.15, 0.2) is 77.4 Å². The predicted octanol–water partition coefficient (Wildman–Crippen LogP) is 4.42. The van der Waals surface area contributed by atoms with Gasteiger partial charge in [0.1, 0.15) is 0 Å². The molecule has 2 heterocycles. The van der Waals surface area contributed by atoms with Crippen molar-refractivity contribution in [3.63, 3.8) is 0 Å². The summed E-state index contributed by atoms with van der Waals surface area (Å²) in [6.45, 7) is 3.94. The van der Waals surface area contributed by atoms with Crippen molar-refractivity contribution in [1.82, 2.24) is 9.88 Å². The van der Waals surface area contributed by atoms with Crippen LogP contribution in [0.3, 0.4) is 0 Å². The molecule has 3 nitrogen and oxygen atoms in total. The quantitative estimate of drug-likeness (QED) is 0.230. The van der Waals surface area contributed by atoms with Crippen molar-refractivity contribution in [2.45, 2.75) is 11.1 Å². The maximum absolute atomic E-state index is 5.09. The fourth-order valence-corrected chi connectivity index (χ4v) is 3.77. The van der Waals surface area contributed by atoms with Gasteiger partial charge in [-0.05, 0) is 42.8 Å². The first kappa shape index (κ1) is 25.5. The molecule has 30 heavy (non-hydrogen) atoms. The molecule has 1 aliphatic rings. The Morgan fingerprint density at radius 3 is 2.20 bits per heavy atom. The summed E-state index contributed by atoms with van der Waals surface area (Å²) < 4.78 is 0.957. The number of hydrogen-bond acceptors (Lipinski definition) is 5. The number of hydrogen-bond donors (Lipinski definition) is 0. The van der Waals surface area contributed by atoms with Crippen molar-refractivity contribution in [2.24, 2.45) is 0 Å². The van der Waals surface area contributed by atoms with Crippen LogP contribution in [0.1, 0.15) is 11.3 Å². The van der Waals surface area contributed by atoms with Gasteiger partial charge in [-0.15, -0.1) is 0 Å². The summed E-state index contributed by atoms with van der Waals surface area (Å²) >= 11 is 13.6. The Hall–Kier alpha value is -0.730. The third-order valence-corrected chi connectivity index (χ3v) is 5.80. The van der Waals surface area contributed by atoms with E-state index in [1.165, 1.54) is 11.3 Å². The van der Waals surface area contributed by atoms with Gasteiger partial charge in [0, 0.05) is 48.2 Å². The summed E-state index contributed by atoms with van der Waals surface area (Å²) in [4.78, 5) is 8.79. The van der Waals surface area contributed by atoms with E-state index in [0.717, 1.165) is 42.8 Å². The van der Waals surface area contributed by atoms with Crippen LogP contribution in [0.25, 0.3) is 0 Å². The van der Waals surface area contributed by atoms with Crippen molar-refractivity contribution in [3.05, 3.63) is 94.7 Å². The van der Waals surface area contributed by atoms with Crippen LogP contribution in [0, 0.1) is 6.07 Å². The van der Waals surface area contributed by atoms with Gasteiger partial charge in [-0.1, -0.05) is 22.0 Å². The van der Waals surface area contributed by atoms with Gasteiger partial charge in [0.15, 0.2) is 0 Å². The zero-order chi connectivity index (χ0) is 20.5. The van der Waals surface area contributed by atoms with E-state index >= 15 is 0 Å². The number of pyridine rings is 1. The average Bonchev–Trinajstić information content (AvgIpc) is 2.76. The molecule has 0 aliphatic carbocycles. The maximum Gasteiger partial charge on any atom is 3.00 e. The van der Waals surface area contributed by atoms with E-state index in [9.17, 15) is 0 Å². The Morgan fingerprint density at radius 1 is 0.933 bits per heavy atom. The van der Waals surface area contributed by atoms with Gasteiger partial charge in [0.25, 0.3) is 0 Å². The fraction of sp³-hybridized carbons (Fsp3) is 0.261. The third-order valence-electron chi connectivity index (χ3n) is 4.68. The molecule has 3 aromatic rings. The van der Waals surface area contributed by atoms with Crippen molar-refractivity contribution < 1.29 is 22.4 Å². The second kappa shape index (κ2) is 13.6. The summed E-state index contributed by atoms with van der Waals surface area (Å²) in [7, 11) is 0. The molecule has 0 bridgehead atoms. The maximum atomic E-state index is 5.09. The SMILES string of the molecule is [Au+3].[S-]C([S-])N1CCN(c2ccc(Br)cc2)CC1.[c-]1ccccc1Cc1ccccn1. The summed E-state index contributed by atoms with van der Waals surface area (Å²) in [5.41, 5.74) is 3.54. The topological polar surface area (TPSA) is 19.4 Å². The summed E-state index contributed by atoms with van der Waals surface area (Å²) in [5.74, 6) is 0. The van der Waals surface area contributed by atoms with Crippen LogP contribution in [0.4, 0.5) is 5.69 Å². The van der Waals surface area contributed by atoms with E-state index in [1.807, 2.05) is 42.6 Å². The molecule has 1 aromatic heterocycles. The van der Waals surface area contributed by atoms with Gasteiger partial charge in [-0.25, -0.2) is 4.71 Å². The molecule has 1 fully saturated rings. The van der Waals surface area contributed by atoms with Gasteiger partial charge in [0.2, 0.25) is 0 Å². The van der Waals surface area contributed by atoms with Crippen LogP contribution in [0.5, 0.6) is 0 Å². The molecule has 1 saturated heterocycles. The molecule has 2 aromatic carbocycles. The van der Waals surface area contributed by atoms with E-state index in [1.54, 1.807) is 0 Å². The van der Waals surface area contributed by atoms with E-state index in [-0.39, 0.29) is 27.1 Å². The number of halogens is 1. The molecule has 160 valence electrons. The number of anilines is 1. The van der Waals surface area contributed by atoms with Crippen LogP contribution in [-0.4, -0.2) is 40.8 Å². The first-order valence-electron chi connectivity index (χ1n) is 9.53. The van der Waals surface area contributed by atoms with Crippen LogP contribution < -0.4 is 4.90 Å². The first-order valence-corrected chi connectivity index (χ1v) is 11.3. The molecule has 0 amide bonds. The van der Waals surface area contributed by atoms with Gasteiger partial charge >= 0.3 is 22.4 Å². The Bertz CT molecular complexity index is 806. The van der Waals surface area contributed by atoms with Crippen molar-refractivity contribution in [1.29, 1.82) is 0 Å². The first-order chi connectivity index (χ1) is 14.1. The van der Waals surface area contributed by atoms with Crippen LogP contribution >= 0.6 is 15.9 Å². The minimum atomic E-state index is -0.160. The monoisotopic (exact) mass is 681 g/mol. The molecule has 0 radical (unpaired) electrons. The van der Waals surface area contributed by atoms with Gasteiger partial charge < -0.3 is 35.1 Å². The molecular weight excluding hydrogens is 659 g/mol. The van der Waals surface area contributed by atoms with Crippen LogP contribution in [-0.2, 0) is 54.1 Å². The zero-order valence-electron chi connectivity index (χ0n) is 16.4. The smallest absolute Gasteiger partial charge is 0.800 e. The van der Waals surface area contributed by atoms with E-state index < -0.39 is 0 Å². The molecule has 0 saturated carbocycles. The Balaban J connectivity index is 0.000000211. The van der Waals surface area contributed by atoms with Crippen molar-refractivity contribution >= 4 is 46.9 Å². The molecule has 7 heteroatoms. The van der Waals surface area contributed by atoms with E-state index in [2.05, 4.69) is 67.1 Å². The number of benzene rings is 2. The standard InChI is InChI=1S/C12H10N.C11H15BrN2S2.Au/c1-2-6-11(7-3-1)10-12-8-4-5-9-13-12;12-9-1-3-10(4-2-9)13-5-7-14(8-6-13)11(15)16;/h1-6,8-9H,10H2;1-4,11,15-16H,5-8H2;/q-1;;+3/p-2. The Morgan fingerprint density at radius 2 is 1.63 bits per heavy atom. The average molecular weight is 682 g/mol. The number of rotatable bonds is 4. The second-order valence-electron chi connectivity index (χ2n) is 6.69. The predicted molar refractivity (Wildman–Crippen MR) is 129 cm³/mol. The van der Waals surface area contributed by atoms with Crippen molar-refractivity contribution in [3.8, 4) is 0 Å². The number of aromatic nitrogens is 1. The second-order valence-corrected chi connectivity index (χ2v) is 8.80. The molecule has 0 N–H and O–H groups in total. The molecule has 0 spiro atoms. The third kappa shape index (κ3) is 8.42. The van der Waals surface area contributed by atoms with Gasteiger partial charge in [-0.2, -0.15) is 35.9 Å². The van der Waals surface area contributed by atoms with Crippen LogP contribution in [0.2, 0.25) is 0 Å². The summed E-state index contributed by atoms with van der Waals surface area (Å²) in [5, 5.41) is 0. The molecule has 0 atom stereocenters. The molecule has 0 unspecified atom stereocenters. The van der Waals surface area contributed by atoms with Crippen molar-refractivity contribution in [2.75, 3.05) is 31.1 Å². The van der Waals surface area contributed by atoms with Gasteiger partial charge in [-0.3, -0.25) is 4.98 Å². The number of piperazine rings is 1. The fourth-order valence-electron chi connectivity index (χ4n) is 3.08. The van der Waals surface area contributed by atoms with E-state index in [4.69, 9.17) is 25.3 Å². The molecule has 4 rings (SSSR count). The van der Waals surface area contributed by atoms with Gasteiger partial charge in [0.05, 0.1) is 0 Å². The number of nitrogens with zero attached hydrogens (tertiary/aromatic N) is 3. The molecular formula is C23H23AuBrN3S2. The summed E-state index contributed by atoms with van der Waals surface area (Å²) in [6.07, 6.45) is 2.68. The Kier molecular flexibility index (Phi) is 11.6.